The minimum atomic E-state index is -0.231. The van der Waals surface area contributed by atoms with E-state index in [1.165, 1.54) is 5.56 Å². The number of aryl methyl sites for hydroxylation is 1. The topological polar surface area (TPSA) is 88.5 Å². The number of nitrogens with zero attached hydrogens (tertiary/aromatic N) is 3. The maximum absolute atomic E-state index is 13.2. The Morgan fingerprint density at radius 1 is 1.06 bits per heavy atom. The third-order valence-electron chi connectivity index (χ3n) is 7.07. The summed E-state index contributed by atoms with van der Waals surface area (Å²) in [7, 11) is 2.10. The maximum Gasteiger partial charge on any atom is 0.319 e. The van der Waals surface area contributed by atoms with Gasteiger partial charge in [-0.2, -0.15) is 5.26 Å². The molecule has 2 aromatic rings. The van der Waals surface area contributed by atoms with Crippen molar-refractivity contribution in [2.45, 2.75) is 32.1 Å². The fourth-order valence-corrected chi connectivity index (χ4v) is 4.91. The van der Waals surface area contributed by atoms with E-state index in [-0.39, 0.29) is 11.9 Å². The first-order valence-electron chi connectivity index (χ1n) is 12.1. The number of piperidine rings is 1. The molecule has 2 heterocycles. The molecular weight excluding hydrogens is 426 g/mol. The highest BCUT2D eigenvalue weighted by molar-refractivity contribution is 5.97. The van der Waals surface area contributed by atoms with E-state index < -0.39 is 0 Å². The summed E-state index contributed by atoms with van der Waals surface area (Å²) in [4.78, 5) is 29.8. The van der Waals surface area contributed by atoms with Crippen LogP contribution in [0.4, 0.5) is 10.5 Å². The Bertz CT molecular complexity index is 1070. The number of benzene rings is 2. The van der Waals surface area contributed by atoms with Gasteiger partial charge in [0.05, 0.1) is 11.6 Å². The molecule has 178 valence electrons. The Balaban J connectivity index is 1.32. The van der Waals surface area contributed by atoms with Crippen molar-refractivity contribution in [2.75, 3.05) is 45.1 Å². The lowest BCUT2D eigenvalue weighted by molar-refractivity contribution is 0.0713. The highest BCUT2D eigenvalue weighted by Gasteiger charge is 2.25. The number of hydrogen-bond acceptors (Lipinski definition) is 4. The van der Waals surface area contributed by atoms with Gasteiger partial charge in [-0.3, -0.25) is 4.79 Å². The van der Waals surface area contributed by atoms with Gasteiger partial charge in [0.15, 0.2) is 0 Å². The number of carbonyl (C=O) groups is 2. The molecule has 2 aromatic carbocycles. The minimum absolute atomic E-state index is 0.00395. The van der Waals surface area contributed by atoms with Gasteiger partial charge in [0.25, 0.3) is 5.91 Å². The molecule has 4 rings (SSSR count). The number of urea groups is 1. The van der Waals surface area contributed by atoms with Crippen LogP contribution in [0.2, 0.25) is 0 Å². The lowest BCUT2D eigenvalue weighted by Crippen LogP contribution is -2.38. The lowest BCUT2D eigenvalue weighted by atomic mass is 9.89. The van der Waals surface area contributed by atoms with Crippen molar-refractivity contribution < 1.29 is 9.59 Å². The van der Waals surface area contributed by atoms with Gasteiger partial charge in [-0.25, -0.2) is 4.79 Å². The predicted molar refractivity (Wildman–Crippen MR) is 133 cm³/mol. The fraction of sp³-hybridized carbons (Fsp3) is 0.444. The van der Waals surface area contributed by atoms with E-state index in [0.29, 0.717) is 48.3 Å². The largest absolute Gasteiger partial charge is 0.339 e. The second-order valence-electron chi connectivity index (χ2n) is 9.58. The van der Waals surface area contributed by atoms with Gasteiger partial charge in [0.2, 0.25) is 0 Å². The van der Waals surface area contributed by atoms with E-state index in [4.69, 9.17) is 5.26 Å². The van der Waals surface area contributed by atoms with Crippen LogP contribution in [0, 0.1) is 24.2 Å². The molecule has 0 aromatic heterocycles. The van der Waals surface area contributed by atoms with Crippen LogP contribution in [0.1, 0.15) is 52.2 Å². The molecule has 2 fully saturated rings. The average Bonchev–Trinajstić information content (AvgIpc) is 3.29. The van der Waals surface area contributed by atoms with E-state index >= 15 is 0 Å². The summed E-state index contributed by atoms with van der Waals surface area (Å²) in [5.41, 5.74) is 4.07. The van der Waals surface area contributed by atoms with Gasteiger partial charge in [-0.05, 0) is 87.0 Å². The minimum Gasteiger partial charge on any atom is -0.339 e. The molecule has 1 atom stereocenters. The Labute approximate surface area is 201 Å². The quantitative estimate of drug-likeness (QED) is 0.708. The Morgan fingerprint density at radius 3 is 2.44 bits per heavy atom. The lowest BCUT2D eigenvalue weighted by Gasteiger charge is -2.32. The SMILES string of the molecule is Cc1ccc(C(=O)N2CCC(c3ccc(C#N)cc3)CC2)cc1NC(=O)NCC1CCN(C)C1. The van der Waals surface area contributed by atoms with Crippen LogP contribution < -0.4 is 10.6 Å². The van der Waals surface area contributed by atoms with Crippen LogP contribution in [0.15, 0.2) is 42.5 Å². The fourth-order valence-electron chi connectivity index (χ4n) is 4.91. The van der Waals surface area contributed by atoms with Crippen molar-refractivity contribution in [3.63, 3.8) is 0 Å². The molecule has 0 spiro atoms. The monoisotopic (exact) mass is 459 g/mol. The molecule has 2 aliphatic rings. The third kappa shape index (κ3) is 5.75. The van der Waals surface area contributed by atoms with E-state index in [1.807, 2.05) is 48.2 Å². The molecule has 2 N–H and O–H groups in total. The van der Waals surface area contributed by atoms with Crippen LogP contribution in [0.5, 0.6) is 0 Å². The number of nitrogens with one attached hydrogen (secondary N) is 2. The molecule has 3 amide bonds. The second kappa shape index (κ2) is 10.7. The number of hydrogen-bond donors (Lipinski definition) is 2. The smallest absolute Gasteiger partial charge is 0.319 e. The van der Waals surface area contributed by atoms with Crippen molar-refractivity contribution in [1.29, 1.82) is 5.26 Å². The number of rotatable bonds is 5. The first-order valence-corrected chi connectivity index (χ1v) is 12.1. The van der Waals surface area contributed by atoms with Gasteiger partial charge in [-0.1, -0.05) is 18.2 Å². The number of nitriles is 1. The number of carbonyl (C=O) groups excluding carboxylic acids is 2. The normalized spacial score (nSPS) is 19.0. The van der Waals surface area contributed by atoms with Crippen LogP contribution in [-0.2, 0) is 0 Å². The predicted octanol–water partition coefficient (Wildman–Crippen LogP) is 3.96. The van der Waals surface area contributed by atoms with E-state index in [0.717, 1.165) is 37.9 Å². The molecule has 0 bridgehead atoms. The number of anilines is 1. The summed E-state index contributed by atoms with van der Waals surface area (Å²) in [5.74, 6) is 0.878. The summed E-state index contributed by atoms with van der Waals surface area (Å²) in [5, 5.41) is 14.9. The zero-order valence-electron chi connectivity index (χ0n) is 20.0. The summed E-state index contributed by atoms with van der Waals surface area (Å²) in [6.07, 6.45) is 2.89. The zero-order valence-corrected chi connectivity index (χ0v) is 20.0. The summed E-state index contributed by atoms with van der Waals surface area (Å²) in [6.45, 7) is 6.04. The molecule has 2 saturated heterocycles. The molecule has 7 nitrogen and oxygen atoms in total. The Hall–Kier alpha value is -3.37. The van der Waals surface area contributed by atoms with Crippen molar-refractivity contribution in [3.8, 4) is 6.07 Å². The summed E-state index contributed by atoms with van der Waals surface area (Å²) >= 11 is 0. The van der Waals surface area contributed by atoms with Crippen molar-refractivity contribution in [2.24, 2.45) is 5.92 Å². The molecule has 34 heavy (non-hydrogen) atoms. The molecule has 0 saturated carbocycles. The molecule has 2 aliphatic heterocycles. The van der Waals surface area contributed by atoms with Crippen LogP contribution in [-0.4, -0.2) is 61.5 Å². The Morgan fingerprint density at radius 2 is 1.79 bits per heavy atom. The summed E-state index contributed by atoms with van der Waals surface area (Å²) < 4.78 is 0. The Kier molecular flexibility index (Phi) is 7.49. The van der Waals surface area contributed by atoms with E-state index in [2.05, 4.69) is 28.7 Å². The average molecular weight is 460 g/mol. The number of likely N-dealkylation sites (tertiary alicyclic amines) is 2. The van der Waals surface area contributed by atoms with Crippen molar-refractivity contribution in [1.82, 2.24) is 15.1 Å². The molecule has 0 aliphatic carbocycles. The third-order valence-corrected chi connectivity index (χ3v) is 7.07. The maximum atomic E-state index is 13.2. The van der Waals surface area contributed by atoms with Crippen LogP contribution >= 0.6 is 0 Å². The first-order chi connectivity index (χ1) is 16.4. The molecule has 7 heteroatoms. The van der Waals surface area contributed by atoms with E-state index in [1.54, 1.807) is 6.07 Å². The number of amides is 3. The highest BCUT2D eigenvalue weighted by Crippen LogP contribution is 2.29. The van der Waals surface area contributed by atoms with Crippen molar-refractivity contribution >= 4 is 17.6 Å². The van der Waals surface area contributed by atoms with Gasteiger partial charge in [0.1, 0.15) is 0 Å². The van der Waals surface area contributed by atoms with Gasteiger partial charge < -0.3 is 20.4 Å². The molecule has 1 unspecified atom stereocenters. The molecular formula is C27H33N5O2. The molecule has 0 radical (unpaired) electrons. The van der Waals surface area contributed by atoms with Gasteiger partial charge >= 0.3 is 6.03 Å². The first kappa shape index (κ1) is 23.8. The van der Waals surface area contributed by atoms with Crippen LogP contribution in [0.25, 0.3) is 0 Å². The van der Waals surface area contributed by atoms with Gasteiger partial charge in [0, 0.05) is 37.4 Å². The summed E-state index contributed by atoms with van der Waals surface area (Å²) in [6, 6.07) is 15.2. The standard InChI is InChI=1S/C27H33N5O2/c1-19-3-6-24(15-25(19)30-27(34)29-17-21-9-12-31(2)18-21)26(33)32-13-10-23(11-14-32)22-7-4-20(16-28)5-8-22/h3-8,15,21,23H,9-14,17-18H2,1-2H3,(H2,29,30,34). The van der Waals surface area contributed by atoms with Crippen molar-refractivity contribution in [3.05, 3.63) is 64.7 Å². The zero-order chi connectivity index (χ0) is 24.1. The van der Waals surface area contributed by atoms with Gasteiger partial charge in [-0.15, -0.1) is 0 Å². The van der Waals surface area contributed by atoms with Crippen LogP contribution in [0.3, 0.4) is 0 Å². The second-order valence-corrected chi connectivity index (χ2v) is 9.58. The highest BCUT2D eigenvalue weighted by atomic mass is 16.2. The van der Waals surface area contributed by atoms with E-state index in [9.17, 15) is 9.59 Å².